The summed E-state index contributed by atoms with van der Waals surface area (Å²) in [6.45, 7) is 4.72. The lowest BCUT2D eigenvalue weighted by Gasteiger charge is -2.34. The Morgan fingerprint density at radius 3 is 2.54 bits per heavy atom. The van der Waals surface area contributed by atoms with Gasteiger partial charge in [-0.2, -0.15) is 0 Å². The minimum atomic E-state index is -0.159. The van der Waals surface area contributed by atoms with Crippen LogP contribution in [0.3, 0.4) is 0 Å². The second-order valence-electron chi connectivity index (χ2n) is 7.67. The number of hydrogen-bond donors (Lipinski definition) is 1. The van der Waals surface area contributed by atoms with E-state index in [2.05, 4.69) is 10.3 Å². The minimum Gasteiger partial charge on any atom is -0.438 e. The third-order valence-corrected chi connectivity index (χ3v) is 5.67. The van der Waals surface area contributed by atoms with E-state index >= 15 is 0 Å². The minimum absolute atomic E-state index is 0.0162. The van der Waals surface area contributed by atoms with Crippen molar-refractivity contribution < 1.29 is 18.8 Å². The SMILES string of the molecule is Cc1ncoc1C(=O)N1CCC(C(=O)N2CCCCCCNC(=O)CC2)CC1. The summed E-state index contributed by atoms with van der Waals surface area (Å²) in [5.41, 5.74) is 0.588. The molecule has 0 radical (unpaired) electrons. The first-order valence-corrected chi connectivity index (χ1v) is 10.3. The second kappa shape index (κ2) is 9.71. The molecule has 1 N–H and O–H groups in total. The molecule has 0 aliphatic carbocycles. The molecule has 0 saturated carbocycles. The lowest BCUT2D eigenvalue weighted by Crippen LogP contribution is -2.45. The fraction of sp³-hybridized carbons (Fsp3) is 0.700. The van der Waals surface area contributed by atoms with Crippen molar-refractivity contribution in [3.63, 3.8) is 0 Å². The van der Waals surface area contributed by atoms with Gasteiger partial charge >= 0.3 is 0 Å². The average molecular weight is 390 g/mol. The highest BCUT2D eigenvalue weighted by Gasteiger charge is 2.32. The van der Waals surface area contributed by atoms with Crippen LogP contribution in [0.2, 0.25) is 0 Å². The average Bonchev–Trinajstić information content (AvgIpc) is 3.12. The Kier molecular flexibility index (Phi) is 7.06. The maximum Gasteiger partial charge on any atom is 0.291 e. The van der Waals surface area contributed by atoms with E-state index in [9.17, 15) is 14.4 Å². The first kappa shape index (κ1) is 20.4. The van der Waals surface area contributed by atoms with Crippen LogP contribution in [-0.2, 0) is 9.59 Å². The largest absolute Gasteiger partial charge is 0.438 e. The molecule has 3 rings (SSSR count). The second-order valence-corrected chi connectivity index (χ2v) is 7.67. The molecule has 1 aromatic rings. The summed E-state index contributed by atoms with van der Waals surface area (Å²) >= 11 is 0. The fourth-order valence-corrected chi connectivity index (χ4v) is 3.90. The number of carbonyl (C=O) groups is 3. The van der Waals surface area contributed by atoms with E-state index < -0.39 is 0 Å². The number of piperidine rings is 1. The maximum atomic E-state index is 13.0. The lowest BCUT2D eigenvalue weighted by atomic mass is 9.94. The van der Waals surface area contributed by atoms with E-state index in [1.807, 2.05) is 4.90 Å². The number of amides is 3. The van der Waals surface area contributed by atoms with Gasteiger partial charge in [-0.25, -0.2) is 4.98 Å². The van der Waals surface area contributed by atoms with Gasteiger partial charge in [0.05, 0.1) is 5.69 Å². The van der Waals surface area contributed by atoms with Gasteiger partial charge in [-0.15, -0.1) is 0 Å². The van der Waals surface area contributed by atoms with Crippen molar-refractivity contribution in [1.82, 2.24) is 20.1 Å². The number of hydrogen-bond acceptors (Lipinski definition) is 5. The molecular weight excluding hydrogens is 360 g/mol. The Morgan fingerprint density at radius 2 is 1.82 bits per heavy atom. The number of carbonyl (C=O) groups excluding carboxylic acids is 3. The van der Waals surface area contributed by atoms with Gasteiger partial charge in [0.2, 0.25) is 17.6 Å². The van der Waals surface area contributed by atoms with Gasteiger partial charge < -0.3 is 19.5 Å². The number of aromatic nitrogens is 1. The fourth-order valence-electron chi connectivity index (χ4n) is 3.90. The zero-order valence-corrected chi connectivity index (χ0v) is 16.6. The van der Waals surface area contributed by atoms with Crippen LogP contribution in [-0.4, -0.2) is 65.2 Å². The molecule has 3 amide bonds. The quantitative estimate of drug-likeness (QED) is 0.830. The number of aryl methyl sites for hydroxylation is 1. The summed E-state index contributed by atoms with van der Waals surface area (Å²) in [6, 6.07) is 0. The Hall–Kier alpha value is -2.38. The van der Waals surface area contributed by atoms with Gasteiger partial charge in [0.25, 0.3) is 5.91 Å². The number of nitrogens with one attached hydrogen (secondary N) is 1. The van der Waals surface area contributed by atoms with Gasteiger partial charge in [0, 0.05) is 45.1 Å². The van der Waals surface area contributed by atoms with E-state index in [1.54, 1.807) is 11.8 Å². The molecule has 0 unspecified atom stereocenters. The smallest absolute Gasteiger partial charge is 0.291 e. The molecule has 0 atom stereocenters. The van der Waals surface area contributed by atoms with Gasteiger partial charge in [-0.3, -0.25) is 14.4 Å². The molecule has 8 heteroatoms. The van der Waals surface area contributed by atoms with Crippen LogP contribution >= 0.6 is 0 Å². The highest BCUT2D eigenvalue weighted by molar-refractivity contribution is 5.92. The molecule has 2 aliphatic heterocycles. The van der Waals surface area contributed by atoms with Crippen LogP contribution in [0.25, 0.3) is 0 Å². The van der Waals surface area contributed by atoms with Gasteiger partial charge in [-0.05, 0) is 32.6 Å². The van der Waals surface area contributed by atoms with Crippen molar-refractivity contribution in [1.29, 1.82) is 0 Å². The van der Waals surface area contributed by atoms with Gasteiger partial charge in [0.15, 0.2) is 6.39 Å². The van der Waals surface area contributed by atoms with E-state index in [4.69, 9.17) is 4.42 Å². The Morgan fingerprint density at radius 1 is 1.07 bits per heavy atom. The standard InChI is InChI=1S/C20H30N4O4/c1-15-18(28-14-22-15)20(27)24-11-6-16(7-12-24)19(26)23-10-5-3-2-4-9-21-17(25)8-13-23/h14,16H,2-13H2,1H3,(H,21,25). The monoisotopic (exact) mass is 390 g/mol. The van der Waals surface area contributed by atoms with Crippen LogP contribution in [0.15, 0.2) is 10.8 Å². The Bertz CT molecular complexity index is 694. The van der Waals surface area contributed by atoms with Crippen LogP contribution in [0.5, 0.6) is 0 Å². The first-order chi connectivity index (χ1) is 13.6. The van der Waals surface area contributed by atoms with Crippen molar-refractivity contribution in [2.45, 2.75) is 51.9 Å². The molecule has 0 bridgehead atoms. The first-order valence-electron chi connectivity index (χ1n) is 10.3. The van der Waals surface area contributed by atoms with Crippen molar-refractivity contribution in [3.05, 3.63) is 17.8 Å². The Labute approximate surface area is 165 Å². The van der Waals surface area contributed by atoms with E-state index in [-0.39, 0.29) is 29.4 Å². The molecule has 8 nitrogen and oxygen atoms in total. The van der Waals surface area contributed by atoms with Crippen LogP contribution in [0.1, 0.15) is 61.2 Å². The van der Waals surface area contributed by atoms with Gasteiger partial charge in [-0.1, -0.05) is 12.8 Å². The summed E-state index contributed by atoms with van der Waals surface area (Å²) in [7, 11) is 0. The third kappa shape index (κ3) is 5.11. The molecule has 2 saturated heterocycles. The number of nitrogens with zero attached hydrogens (tertiary/aromatic N) is 3. The van der Waals surface area contributed by atoms with Crippen LogP contribution in [0, 0.1) is 12.8 Å². The molecule has 154 valence electrons. The molecule has 2 aliphatic rings. The number of likely N-dealkylation sites (tertiary alicyclic amines) is 1. The van der Waals surface area contributed by atoms with Gasteiger partial charge in [0.1, 0.15) is 0 Å². The van der Waals surface area contributed by atoms with Crippen LogP contribution < -0.4 is 5.32 Å². The molecular formula is C20H30N4O4. The van der Waals surface area contributed by atoms with Crippen molar-refractivity contribution >= 4 is 17.7 Å². The molecule has 2 fully saturated rings. The van der Waals surface area contributed by atoms with Crippen molar-refractivity contribution in [2.75, 3.05) is 32.7 Å². The predicted octanol–water partition coefficient (Wildman–Crippen LogP) is 1.74. The summed E-state index contributed by atoms with van der Waals surface area (Å²) < 4.78 is 5.20. The Balaban J connectivity index is 1.54. The predicted molar refractivity (Wildman–Crippen MR) is 103 cm³/mol. The summed E-state index contributed by atoms with van der Waals surface area (Å²) in [6.07, 6.45) is 7.03. The van der Waals surface area contributed by atoms with Crippen molar-refractivity contribution in [3.8, 4) is 0 Å². The van der Waals surface area contributed by atoms with E-state index in [1.165, 1.54) is 6.39 Å². The highest BCUT2D eigenvalue weighted by atomic mass is 16.3. The van der Waals surface area contributed by atoms with Crippen LogP contribution in [0.4, 0.5) is 0 Å². The maximum absolute atomic E-state index is 13.0. The molecule has 1 aromatic heterocycles. The number of rotatable bonds is 2. The molecule has 0 spiro atoms. The molecule has 0 aromatic carbocycles. The van der Waals surface area contributed by atoms with Crippen molar-refractivity contribution in [2.24, 2.45) is 5.92 Å². The zero-order valence-electron chi connectivity index (χ0n) is 16.6. The normalized spacial score (nSPS) is 20.4. The summed E-state index contributed by atoms with van der Waals surface area (Å²) in [5.74, 6) is 0.168. The van der Waals surface area contributed by atoms with E-state index in [0.717, 1.165) is 32.2 Å². The third-order valence-electron chi connectivity index (χ3n) is 5.67. The molecule has 3 heterocycles. The topological polar surface area (TPSA) is 95.8 Å². The molecule has 28 heavy (non-hydrogen) atoms. The highest BCUT2D eigenvalue weighted by Crippen LogP contribution is 2.22. The summed E-state index contributed by atoms with van der Waals surface area (Å²) in [5, 5.41) is 2.92. The lowest BCUT2D eigenvalue weighted by molar-refractivity contribution is -0.137. The zero-order chi connectivity index (χ0) is 19.9. The van der Waals surface area contributed by atoms with E-state index in [0.29, 0.717) is 51.1 Å². The summed E-state index contributed by atoms with van der Waals surface area (Å²) in [4.78, 5) is 45.0. The number of oxazole rings is 1.